The minimum atomic E-state index is 0.408. The molecule has 3 nitrogen and oxygen atoms in total. The fourth-order valence-electron chi connectivity index (χ4n) is 0.528. The Kier molecular flexibility index (Phi) is 1.88. The lowest BCUT2D eigenvalue weighted by atomic mass is 10.3. The zero-order valence-electron chi connectivity index (χ0n) is 5.00. The van der Waals surface area contributed by atoms with Gasteiger partial charge in [0, 0.05) is 10.7 Å². The number of pyridine rings is 1. The summed E-state index contributed by atoms with van der Waals surface area (Å²) in [4.78, 5) is 3.74. The molecule has 0 saturated heterocycles. The van der Waals surface area contributed by atoms with Crippen LogP contribution in [0.5, 0.6) is 0 Å². The molecule has 0 aliphatic carbocycles. The lowest BCUT2D eigenvalue weighted by Crippen LogP contribution is -1.90. The molecule has 0 aliphatic heterocycles. The molecule has 10 heavy (non-hydrogen) atoms. The quantitative estimate of drug-likeness (QED) is 0.683. The van der Waals surface area contributed by atoms with Crippen LogP contribution in [0, 0.1) is 11.3 Å². The van der Waals surface area contributed by atoms with Gasteiger partial charge in [-0.05, 0) is 22.0 Å². The van der Waals surface area contributed by atoms with Crippen LogP contribution in [0.1, 0.15) is 5.56 Å². The normalized spacial score (nSPS) is 8.80. The summed E-state index contributed by atoms with van der Waals surface area (Å²) in [6, 6.07) is 3.55. The molecule has 50 valence electrons. The highest BCUT2D eigenvalue weighted by molar-refractivity contribution is 9.10. The molecule has 0 amide bonds. The minimum absolute atomic E-state index is 0.408. The second-order valence-corrected chi connectivity index (χ2v) is 2.56. The summed E-state index contributed by atoms with van der Waals surface area (Å²) in [5.41, 5.74) is 5.83. The Morgan fingerprint density at radius 1 is 1.70 bits per heavy atom. The van der Waals surface area contributed by atoms with E-state index in [1.807, 2.05) is 6.07 Å². The first-order valence-corrected chi connectivity index (χ1v) is 3.34. The summed E-state index contributed by atoms with van der Waals surface area (Å²) in [5, 5.41) is 8.45. The SMILES string of the molecule is N#Cc1cnc(N)cc1Br. The van der Waals surface area contributed by atoms with Crippen molar-refractivity contribution in [2.24, 2.45) is 0 Å². The van der Waals surface area contributed by atoms with Crippen LogP contribution in [-0.2, 0) is 0 Å². The molecule has 1 aromatic heterocycles. The monoisotopic (exact) mass is 197 g/mol. The van der Waals surface area contributed by atoms with Crippen molar-refractivity contribution in [1.82, 2.24) is 4.98 Å². The van der Waals surface area contributed by atoms with Crippen LogP contribution in [0.25, 0.3) is 0 Å². The second kappa shape index (κ2) is 2.67. The highest BCUT2D eigenvalue weighted by Gasteiger charge is 1.97. The predicted molar refractivity (Wildman–Crippen MR) is 41.1 cm³/mol. The average molecular weight is 198 g/mol. The molecule has 1 aromatic rings. The Balaban J connectivity index is 3.23. The van der Waals surface area contributed by atoms with Gasteiger partial charge in [0.2, 0.25) is 0 Å². The molecule has 4 heteroatoms. The summed E-state index contributed by atoms with van der Waals surface area (Å²) >= 11 is 3.16. The second-order valence-electron chi connectivity index (χ2n) is 1.70. The molecular formula is C6H4BrN3. The first-order chi connectivity index (χ1) is 4.74. The lowest BCUT2D eigenvalue weighted by molar-refractivity contribution is 1.29. The maximum Gasteiger partial charge on any atom is 0.124 e. The fraction of sp³-hybridized carbons (Fsp3) is 0. The Labute approximate surface area is 66.6 Å². The molecule has 1 rings (SSSR count). The van der Waals surface area contributed by atoms with Crippen LogP contribution in [0.4, 0.5) is 5.82 Å². The van der Waals surface area contributed by atoms with Crippen molar-refractivity contribution in [2.75, 3.05) is 5.73 Å². The molecule has 0 aromatic carbocycles. The third kappa shape index (κ3) is 1.25. The number of halogens is 1. The smallest absolute Gasteiger partial charge is 0.124 e. The van der Waals surface area contributed by atoms with Crippen LogP contribution in [0.2, 0.25) is 0 Å². The molecular weight excluding hydrogens is 194 g/mol. The third-order valence-corrected chi connectivity index (χ3v) is 1.65. The van der Waals surface area contributed by atoms with E-state index >= 15 is 0 Å². The van der Waals surface area contributed by atoms with E-state index < -0.39 is 0 Å². The summed E-state index contributed by atoms with van der Waals surface area (Å²) in [6.45, 7) is 0. The van der Waals surface area contributed by atoms with Gasteiger partial charge in [-0.25, -0.2) is 4.98 Å². The zero-order chi connectivity index (χ0) is 7.56. The molecule has 0 bridgehead atoms. The Morgan fingerprint density at radius 2 is 2.40 bits per heavy atom. The summed E-state index contributed by atoms with van der Waals surface area (Å²) in [6.07, 6.45) is 1.43. The number of rotatable bonds is 0. The molecule has 2 N–H and O–H groups in total. The molecule has 0 fully saturated rings. The van der Waals surface area contributed by atoms with Crippen molar-refractivity contribution in [3.63, 3.8) is 0 Å². The number of hydrogen-bond acceptors (Lipinski definition) is 3. The van der Waals surface area contributed by atoms with Gasteiger partial charge in [0.1, 0.15) is 11.9 Å². The zero-order valence-corrected chi connectivity index (χ0v) is 6.59. The van der Waals surface area contributed by atoms with Crippen molar-refractivity contribution in [3.8, 4) is 6.07 Å². The van der Waals surface area contributed by atoms with Crippen molar-refractivity contribution in [2.45, 2.75) is 0 Å². The summed E-state index contributed by atoms with van der Waals surface area (Å²) in [5.74, 6) is 0.408. The van der Waals surface area contributed by atoms with E-state index in [4.69, 9.17) is 11.0 Å². The molecule has 0 unspecified atom stereocenters. The summed E-state index contributed by atoms with van der Waals surface area (Å²) in [7, 11) is 0. The van der Waals surface area contributed by atoms with Crippen molar-refractivity contribution >= 4 is 21.7 Å². The van der Waals surface area contributed by atoms with E-state index in [0.717, 1.165) is 0 Å². The molecule has 0 saturated carbocycles. The van der Waals surface area contributed by atoms with E-state index in [9.17, 15) is 0 Å². The number of aromatic nitrogens is 1. The van der Waals surface area contributed by atoms with E-state index in [1.165, 1.54) is 6.20 Å². The summed E-state index contributed by atoms with van der Waals surface area (Å²) < 4.78 is 0.683. The molecule has 1 heterocycles. The minimum Gasteiger partial charge on any atom is -0.384 e. The van der Waals surface area contributed by atoms with Crippen molar-refractivity contribution in [1.29, 1.82) is 5.26 Å². The van der Waals surface area contributed by atoms with Gasteiger partial charge in [0.15, 0.2) is 0 Å². The largest absolute Gasteiger partial charge is 0.384 e. The molecule has 0 spiro atoms. The van der Waals surface area contributed by atoms with Crippen LogP contribution in [0.3, 0.4) is 0 Å². The van der Waals surface area contributed by atoms with Crippen LogP contribution < -0.4 is 5.73 Å². The maximum absolute atomic E-state index is 8.45. The number of nitrogens with two attached hydrogens (primary N) is 1. The highest BCUT2D eigenvalue weighted by Crippen LogP contribution is 2.15. The number of nitriles is 1. The number of anilines is 1. The highest BCUT2D eigenvalue weighted by atomic mass is 79.9. The van der Waals surface area contributed by atoms with Gasteiger partial charge in [-0.3, -0.25) is 0 Å². The Bertz CT molecular complexity index is 290. The van der Waals surface area contributed by atoms with E-state index in [2.05, 4.69) is 20.9 Å². The van der Waals surface area contributed by atoms with Gasteiger partial charge < -0.3 is 5.73 Å². The maximum atomic E-state index is 8.45. The molecule has 0 radical (unpaired) electrons. The first kappa shape index (κ1) is 7.03. The molecule has 0 atom stereocenters. The third-order valence-electron chi connectivity index (χ3n) is 0.995. The van der Waals surface area contributed by atoms with Gasteiger partial charge in [-0.1, -0.05) is 0 Å². The predicted octanol–water partition coefficient (Wildman–Crippen LogP) is 1.30. The lowest BCUT2D eigenvalue weighted by Gasteiger charge is -1.93. The van der Waals surface area contributed by atoms with Crippen LogP contribution in [-0.4, -0.2) is 4.98 Å². The van der Waals surface area contributed by atoms with Crippen molar-refractivity contribution < 1.29 is 0 Å². The Morgan fingerprint density at radius 3 is 2.90 bits per heavy atom. The van der Waals surface area contributed by atoms with E-state index in [1.54, 1.807) is 6.07 Å². The molecule has 0 aliphatic rings. The van der Waals surface area contributed by atoms with Gasteiger partial charge in [-0.2, -0.15) is 5.26 Å². The van der Waals surface area contributed by atoms with Gasteiger partial charge in [0.25, 0.3) is 0 Å². The fourth-order valence-corrected chi connectivity index (χ4v) is 0.953. The standard InChI is InChI=1S/C6H4BrN3/c7-5-1-6(9)10-3-4(5)2-8/h1,3H,(H2,9,10). The van der Waals surface area contributed by atoms with Gasteiger partial charge >= 0.3 is 0 Å². The van der Waals surface area contributed by atoms with Crippen LogP contribution >= 0.6 is 15.9 Å². The van der Waals surface area contributed by atoms with E-state index in [0.29, 0.717) is 15.9 Å². The number of nitrogen functional groups attached to an aromatic ring is 1. The number of nitrogens with zero attached hydrogens (tertiary/aromatic N) is 2. The Hall–Kier alpha value is -1.08. The average Bonchev–Trinajstić information content (AvgIpc) is 1.88. The van der Waals surface area contributed by atoms with Gasteiger partial charge in [-0.15, -0.1) is 0 Å². The first-order valence-electron chi connectivity index (χ1n) is 2.55. The topological polar surface area (TPSA) is 62.7 Å². The number of hydrogen-bond donors (Lipinski definition) is 1. The van der Waals surface area contributed by atoms with Gasteiger partial charge in [0.05, 0.1) is 5.56 Å². The van der Waals surface area contributed by atoms with Crippen LogP contribution in [0.15, 0.2) is 16.7 Å². The van der Waals surface area contributed by atoms with Crippen molar-refractivity contribution in [3.05, 3.63) is 22.3 Å². The van der Waals surface area contributed by atoms with E-state index in [-0.39, 0.29) is 0 Å².